The Morgan fingerprint density at radius 3 is 3.06 bits per heavy atom. The molecule has 16 heavy (non-hydrogen) atoms. The van der Waals surface area contributed by atoms with Gasteiger partial charge in [-0.2, -0.15) is 0 Å². The molecular weight excluding hydrogens is 212 g/mol. The molecular formula is C11H14O5. The monoisotopic (exact) mass is 226 g/mol. The summed E-state index contributed by atoms with van der Waals surface area (Å²) in [5.74, 6) is 2.12. The van der Waals surface area contributed by atoms with Crippen LogP contribution in [0, 0.1) is 12.3 Å². The molecule has 0 N–H and O–H groups in total. The lowest BCUT2D eigenvalue weighted by Gasteiger charge is -2.21. The number of fused-ring (bicyclic) bond motifs is 1. The summed E-state index contributed by atoms with van der Waals surface area (Å²) in [6.07, 6.45) is 5.14. The zero-order valence-corrected chi connectivity index (χ0v) is 9.05. The summed E-state index contributed by atoms with van der Waals surface area (Å²) in [5, 5.41) is 0. The van der Waals surface area contributed by atoms with Gasteiger partial charge in [0, 0.05) is 19.8 Å². The highest BCUT2D eigenvalue weighted by atomic mass is 16.8. The molecule has 0 aromatic heterocycles. The number of carbonyl (C=O) groups is 1. The molecule has 0 spiro atoms. The van der Waals surface area contributed by atoms with Crippen molar-refractivity contribution < 1.29 is 23.7 Å². The average Bonchev–Trinajstić information content (AvgIpc) is 2.74. The summed E-state index contributed by atoms with van der Waals surface area (Å²) in [6.45, 7) is 1.61. The second-order valence-corrected chi connectivity index (χ2v) is 3.82. The Hall–Kier alpha value is -1.09. The van der Waals surface area contributed by atoms with E-state index in [0.717, 1.165) is 0 Å². The Labute approximate surface area is 94.0 Å². The van der Waals surface area contributed by atoms with Crippen molar-refractivity contribution in [3.63, 3.8) is 0 Å². The van der Waals surface area contributed by atoms with E-state index in [4.69, 9.17) is 25.4 Å². The lowest BCUT2D eigenvalue weighted by Crippen LogP contribution is -2.31. The van der Waals surface area contributed by atoms with E-state index in [1.807, 2.05) is 0 Å². The first-order valence-corrected chi connectivity index (χ1v) is 5.20. The SMILES string of the molecule is C#CC[C@H](OC(C)=O)[C@@H]1C[C@H]2OCO[C@H]2O1. The third-order valence-electron chi connectivity index (χ3n) is 2.64. The van der Waals surface area contributed by atoms with E-state index in [1.54, 1.807) is 0 Å². The fourth-order valence-corrected chi connectivity index (χ4v) is 1.96. The first kappa shape index (κ1) is 11.4. The van der Waals surface area contributed by atoms with Crippen LogP contribution < -0.4 is 0 Å². The molecule has 0 amide bonds. The van der Waals surface area contributed by atoms with Gasteiger partial charge in [0.2, 0.25) is 0 Å². The third kappa shape index (κ3) is 2.35. The van der Waals surface area contributed by atoms with Crippen molar-refractivity contribution in [2.75, 3.05) is 6.79 Å². The first-order chi connectivity index (χ1) is 7.70. The average molecular weight is 226 g/mol. The Balaban J connectivity index is 1.94. The maximum atomic E-state index is 10.9. The van der Waals surface area contributed by atoms with E-state index in [2.05, 4.69) is 5.92 Å². The van der Waals surface area contributed by atoms with Crippen LogP contribution in [0.2, 0.25) is 0 Å². The van der Waals surface area contributed by atoms with Gasteiger partial charge in [0.1, 0.15) is 18.3 Å². The van der Waals surface area contributed by atoms with Crippen molar-refractivity contribution >= 4 is 5.97 Å². The number of esters is 1. The Morgan fingerprint density at radius 1 is 1.62 bits per heavy atom. The van der Waals surface area contributed by atoms with E-state index in [1.165, 1.54) is 6.92 Å². The molecule has 0 unspecified atom stereocenters. The summed E-state index contributed by atoms with van der Waals surface area (Å²) >= 11 is 0. The molecule has 5 heteroatoms. The maximum Gasteiger partial charge on any atom is 0.303 e. The zero-order valence-electron chi connectivity index (χ0n) is 9.05. The maximum absolute atomic E-state index is 10.9. The molecule has 88 valence electrons. The van der Waals surface area contributed by atoms with Gasteiger partial charge in [-0.1, -0.05) is 0 Å². The predicted octanol–water partition coefficient (Wildman–Crippen LogP) is 0.429. The number of ether oxygens (including phenoxy) is 4. The second-order valence-electron chi connectivity index (χ2n) is 3.82. The van der Waals surface area contributed by atoms with Crippen LogP contribution in [0.15, 0.2) is 0 Å². The summed E-state index contributed by atoms with van der Waals surface area (Å²) in [6, 6.07) is 0. The van der Waals surface area contributed by atoms with E-state index in [-0.39, 0.29) is 31.3 Å². The molecule has 2 aliphatic heterocycles. The van der Waals surface area contributed by atoms with Crippen LogP contribution in [0.4, 0.5) is 0 Å². The number of rotatable bonds is 3. The van der Waals surface area contributed by atoms with E-state index >= 15 is 0 Å². The van der Waals surface area contributed by atoms with Crippen LogP contribution in [-0.4, -0.2) is 37.4 Å². The smallest absolute Gasteiger partial charge is 0.303 e. The fourth-order valence-electron chi connectivity index (χ4n) is 1.96. The standard InChI is InChI=1S/C11H14O5/c1-3-4-8(15-7(2)12)9-5-10-11(16-9)14-6-13-10/h1,8-11H,4-6H2,2H3/t8-,9-,10+,11-/m0/s1. The van der Waals surface area contributed by atoms with Gasteiger partial charge in [-0.25, -0.2) is 0 Å². The van der Waals surface area contributed by atoms with E-state index in [0.29, 0.717) is 12.8 Å². The molecule has 0 aromatic rings. The lowest BCUT2D eigenvalue weighted by atomic mass is 10.1. The molecule has 4 atom stereocenters. The van der Waals surface area contributed by atoms with Gasteiger partial charge in [-0.3, -0.25) is 4.79 Å². The highest BCUT2D eigenvalue weighted by Gasteiger charge is 2.44. The predicted molar refractivity (Wildman–Crippen MR) is 53.1 cm³/mol. The minimum atomic E-state index is -0.416. The Bertz CT molecular complexity index is 296. The van der Waals surface area contributed by atoms with Crippen LogP contribution >= 0.6 is 0 Å². The van der Waals surface area contributed by atoms with Crippen LogP contribution in [0.1, 0.15) is 19.8 Å². The molecule has 5 nitrogen and oxygen atoms in total. The van der Waals surface area contributed by atoms with Crippen LogP contribution in [0.5, 0.6) is 0 Å². The van der Waals surface area contributed by atoms with Crippen molar-refractivity contribution in [2.45, 2.75) is 44.4 Å². The van der Waals surface area contributed by atoms with Crippen molar-refractivity contribution in [2.24, 2.45) is 0 Å². The Morgan fingerprint density at radius 2 is 2.44 bits per heavy atom. The third-order valence-corrected chi connectivity index (χ3v) is 2.64. The van der Waals surface area contributed by atoms with Crippen LogP contribution in [-0.2, 0) is 23.7 Å². The molecule has 2 aliphatic rings. The van der Waals surface area contributed by atoms with Crippen molar-refractivity contribution in [1.29, 1.82) is 0 Å². The minimum Gasteiger partial charge on any atom is -0.459 e. The van der Waals surface area contributed by atoms with Crippen molar-refractivity contribution in [3.8, 4) is 12.3 Å². The molecule has 0 aliphatic carbocycles. The van der Waals surface area contributed by atoms with E-state index in [9.17, 15) is 4.79 Å². The van der Waals surface area contributed by atoms with Gasteiger partial charge >= 0.3 is 5.97 Å². The summed E-state index contributed by atoms with van der Waals surface area (Å²) < 4.78 is 21.2. The summed E-state index contributed by atoms with van der Waals surface area (Å²) in [5.41, 5.74) is 0. The van der Waals surface area contributed by atoms with Gasteiger partial charge in [0.15, 0.2) is 13.1 Å². The highest BCUT2D eigenvalue weighted by Crippen LogP contribution is 2.31. The molecule has 0 saturated carbocycles. The zero-order chi connectivity index (χ0) is 11.5. The van der Waals surface area contributed by atoms with Crippen molar-refractivity contribution in [3.05, 3.63) is 0 Å². The largest absolute Gasteiger partial charge is 0.459 e. The van der Waals surface area contributed by atoms with Crippen LogP contribution in [0.25, 0.3) is 0 Å². The second kappa shape index (κ2) is 4.83. The van der Waals surface area contributed by atoms with Gasteiger partial charge < -0.3 is 18.9 Å². The van der Waals surface area contributed by atoms with Crippen LogP contribution in [0.3, 0.4) is 0 Å². The van der Waals surface area contributed by atoms with Gasteiger partial charge in [-0.15, -0.1) is 12.3 Å². The number of carbonyl (C=O) groups excluding carboxylic acids is 1. The Kier molecular flexibility index (Phi) is 3.44. The lowest BCUT2D eigenvalue weighted by molar-refractivity contribution is -0.168. The fraction of sp³-hybridized carbons (Fsp3) is 0.727. The van der Waals surface area contributed by atoms with Gasteiger partial charge in [0.05, 0.1) is 0 Å². The normalized spacial score (nSPS) is 34.1. The highest BCUT2D eigenvalue weighted by molar-refractivity contribution is 5.66. The topological polar surface area (TPSA) is 54.0 Å². The number of hydrogen-bond donors (Lipinski definition) is 0. The number of terminal acetylenes is 1. The quantitative estimate of drug-likeness (QED) is 0.516. The molecule has 2 rings (SSSR count). The summed E-state index contributed by atoms with van der Waals surface area (Å²) in [7, 11) is 0. The molecule has 2 heterocycles. The van der Waals surface area contributed by atoms with Gasteiger partial charge in [0.25, 0.3) is 0 Å². The molecule has 0 bridgehead atoms. The van der Waals surface area contributed by atoms with E-state index < -0.39 is 6.10 Å². The minimum absolute atomic E-state index is 0.0687. The molecule has 0 aromatic carbocycles. The first-order valence-electron chi connectivity index (χ1n) is 5.20. The summed E-state index contributed by atoms with van der Waals surface area (Å²) in [4.78, 5) is 10.9. The van der Waals surface area contributed by atoms with Gasteiger partial charge in [-0.05, 0) is 0 Å². The molecule has 0 radical (unpaired) electrons. The number of hydrogen-bond acceptors (Lipinski definition) is 5. The molecule has 2 fully saturated rings. The van der Waals surface area contributed by atoms with Crippen molar-refractivity contribution in [1.82, 2.24) is 0 Å². The molecule has 2 saturated heterocycles.